The third-order valence-corrected chi connectivity index (χ3v) is 5.99. The smallest absolute Gasteiger partial charge is 0.355 e. The van der Waals surface area contributed by atoms with Crippen LogP contribution in [-0.2, 0) is 6.18 Å². The van der Waals surface area contributed by atoms with Gasteiger partial charge in [0.1, 0.15) is 11.6 Å². The fourth-order valence-electron chi connectivity index (χ4n) is 4.46. The second-order valence-corrected chi connectivity index (χ2v) is 7.66. The molecule has 2 aliphatic heterocycles. The van der Waals surface area contributed by atoms with E-state index < -0.39 is 11.7 Å². The van der Waals surface area contributed by atoms with Crippen LogP contribution < -0.4 is 9.80 Å². The lowest BCUT2D eigenvalue weighted by molar-refractivity contribution is -0.137. The highest BCUT2D eigenvalue weighted by molar-refractivity contribution is 5.75. The Bertz CT molecular complexity index is 1020. The molecule has 0 radical (unpaired) electrons. The summed E-state index contributed by atoms with van der Waals surface area (Å²) >= 11 is 0. The number of alkyl halides is 3. The van der Waals surface area contributed by atoms with Crippen LogP contribution in [-0.4, -0.2) is 40.6 Å². The number of benzene rings is 1. The van der Waals surface area contributed by atoms with Crippen molar-refractivity contribution in [2.75, 3.05) is 29.4 Å². The van der Waals surface area contributed by atoms with Gasteiger partial charge in [-0.1, -0.05) is 12.1 Å². The fourth-order valence-corrected chi connectivity index (χ4v) is 4.46. The van der Waals surface area contributed by atoms with Gasteiger partial charge in [-0.2, -0.15) is 13.2 Å². The van der Waals surface area contributed by atoms with Gasteiger partial charge in [0.25, 0.3) is 0 Å². The van der Waals surface area contributed by atoms with Crippen LogP contribution in [0.5, 0.6) is 0 Å². The standard InChI is InChI=1S/C21H20F3N5/c22-21(23,24)15-5-6-19(26-11-15)28-9-7-14-8-10-29(18(14)13-28)20-12-25-16-3-1-2-4-17(16)27-20/h1-6,11-12,14,18H,7-10,13H2. The third kappa shape index (κ3) is 3.36. The molecule has 0 spiro atoms. The molecule has 0 bridgehead atoms. The van der Waals surface area contributed by atoms with E-state index >= 15 is 0 Å². The van der Waals surface area contributed by atoms with E-state index in [0.29, 0.717) is 11.7 Å². The highest BCUT2D eigenvalue weighted by Crippen LogP contribution is 2.36. The number of nitrogens with zero attached hydrogens (tertiary/aromatic N) is 5. The highest BCUT2D eigenvalue weighted by atomic mass is 19.4. The molecular weight excluding hydrogens is 379 g/mol. The second kappa shape index (κ2) is 6.86. The summed E-state index contributed by atoms with van der Waals surface area (Å²) in [6, 6.07) is 10.6. The normalized spacial score (nSPS) is 22.2. The third-order valence-electron chi connectivity index (χ3n) is 5.99. The van der Waals surface area contributed by atoms with Gasteiger partial charge in [-0.15, -0.1) is 0 Å². The maximum absolute atomic E-state index is 12.8. The molecule has 5 nitrogen and oxygen atoms in total. The van der Waals surface area contributed by atoms with Crippen molar-refractivity contribution in [1.29, 1.82) is 0 Å². The molecule has 0 aliphatic carbocycles. The lowest BCUT2D eigenvalue weighted by Gasteiger charge is -2.39. The fraction of sp³-hybridized carbons (Fsp3) is 0.381. The first-order valence-corrected chi connectivity index (χ1v) is 9.76. The molecule has 2 aliphatic rings. The van der Waals surface area contributed by atoms with Crippen molar-refractivity contribution in [2.45, 2.75) is 25.1 Å². The van der Waals surface area contributed by atoms with Gasteiger partial charge in [0.2, 0.25) is 0 Å². The molecule has 3 aromatic rings. The van der Waals surface area contributed by atoms with Gasteiger partial charge in [-0.25, -0.2) is 9.97 Å². The molecule has 8 heteroatoms. The van der Waals surface area contributed by atoms with E-state index in [1.807, 2.05) is 30.5 Å². The van der Waals surface area contributed by atoms with Gasteiger partial charge in [-0.05, 0) is 43.0 Å². The number of hydrogen-bond donors (Lipinski definition) is 0. The van der Waals surface area contributed by atoms with Gasteiger partial charge in [-0.3, -0.25) is 4.98 Å². The van der Waals surface area contributed by atoms with E-state index in [1.54, 1.807) is 0 Å². The number of pyridine rings is 1. The minimum atomic E-state index is -4.37. The minimum absolute atomic E-state index is 0.253. The Morgan fingerprint density at radius 1 is 0.862 bits per heavy atom. The molecule has 0 saturated carbocycles. The Morgan fingerprint density at radius 3 is 2.41 bits per heavy atom. The van der Waals surface area contributed by atoms with E-state index in [-0.39, 0.29) is 6.04 Å². The molecule has 2 saturated heterocycles. The monoisotopic (exact) mass is 399 g/mol. The molecule has 2 fully saturated rings. The SMILES string of the molecule is FC(F)(F)c1ccc(N2CCC3CCN(c4cnc5ccccc5n4)C3C2)nc1. The predicted molar refractivity (Wildman–Crippen MR) is 105 cm³/mol. The number of hydrogen-bond acceptors (Lipinski definition) is 5. The first-order valence-electron chi connectivity index (χ1n) is 9.76. The van der Waals surface area contributed by atoms with Crippen LogP contribution in [0.1, 0.15) is 18.4 Å². The molecule has 2 atom stereocenters. The number of piperidine rings is 1. The van der Waals surface area contributed by atoms with Gasteiger partial charge in [0, 0.05) is 25.8 Å². The topological polar surface area (TPSA) is 45.2 Å². The number of aromatic nitrogens is 3. The van der Waals surface area contributed by atoms with Gasteiger partial charge >= 0.3 is 6.18 Å². The summed E-state index contributed by atoms with van der Waals surface area (Å²) in [6.07, 6.45) is 0.455. The van der Waals surface area contributed by atoms with Gasteiger partial charge in [0.15, 0.2) is 0 Å². The molecule has 1 aromatic carbocycles. The first-order chi connectivity index (χ1) is 14.0. The van der Waals surface area contributed by atoms with Crippen molar-refractivity contribution in [3.63, 3.8) is 0 Å². The highest BCUT2D eigenvalue weighted by Gasteiger charge is 2.39. The number of anilines is 2. The maximum Gasteiger partial charge on any atom is 0.417 e. The summed E-state index contributed by atoms with van der Waals surface area (Å²) < 4.78 is 38.4. The van der Waals surface area contributed by atoms with Crippen molar-refractivity contribution in [1.82, 2.24) is 15.0 Å². The van der Waals surface area contributed by atoms with E-state index in [1.165, 1.54) is 6.07 Å². The van der Waals surface area contributed by atoms with Crippen LogP contribution >= 0.6 is 0 Å². The van der Waals surface area contributed by atoms with Crippen LogP contribution in [0.25, 0.3) is 11.0 Å². The molecule has 150 valence electrons. The molecule has 5 rings (SSSR count). The van der Waals surface area contributed by atoms with Crippen molar-refractivity contribution < 1.29 is 13.2 Å². The van der Waals surface area contributed by atoms with Crippen LogP contribution in [0.3, 0.4) is 0 Å². The average molecular weight is 399 g/mol. The van der Waals surface area contributed by atoms with Crippen LogP contribution in [0.4, 0.5) is 24.8 Å². The summed E-state index contributed by atoms with van der Waals surface area (Å²) in [5.41, 5.74) is 1.02. The summed E-state index contributed by atoms with van der Waals surface area (Å²) in [6.45, 7) is 2.44. The van der Waals surface area contributed by atoms with Crippen molar-refractivity contribution in [2.24, 2.45) is 5.92 Å². The molecule has 4 heterocycles. The lowest BCUT2D eigenvalue weighted by atomic mass is 9.92. The Kier molecular flexibility index (Phi) is 4.29. The molecule has 29 heavy (non-hydrogen) atoms. The summed E-state index contributed by atoms with van der Waals surface area (Å²) in [7, 11) is 0. The van der Waals surface area contributed by atoms with Gasteiger partial charge in [0.05, 0.1) is 28.8 Å². The number of rotatable bonds is 2. The Morgan fingerprint density at radius 2 is 1.66 bits per heavy atom. The van der Waals surface area contributed by atoms with Crippen LogP contribution in [0.15, 0.2) is 48.8 Å². The Hall–Kier alpha value is -2.90. The molecule has 2 aromatic heterocycles. The van der Waals surface area contributed by atoms with Crippen molar-refractivity contribution in [3.8, 4) is 0 Å². The van der Waals surface area contributed by atoms with E-state index in [9.17, 15) is 13.2 Å². The molecular formula is C21H20F3N5. The summed E-state index contributed by atoms with van der Waals surface area (Å²) in [5, 5.41) is 0. The van der Waals surface area contributed by atoms with Crippen molar-refractivity contribution in [3.05, 3.63) is 54.4 Å². The lowest BCUT2D eigenvalue weighted by Crippen LogP contribution is -2.48. The number of para-hydroxylation sites is 2. The van der Waals surface area contributed by atoms with Crippen LogP contribution in [0, 0.1) is 5.92 Å². The van der Waals surface area contributed by atoms with Crippen LogP contribution in [0.2, 0.25) is 0 Å². The maximum atomic E-state index is 12.8. The summed E-state index contributed by atoms with van der Waals surface area (Å²) in [4.78, 5) is 17.8. The van der Waals surface area contributed by atoms with E-state index in [4.69, 9.17) is 4.98 Å². The quantitative estimate of drug-likeness (QED) is 0.648. The van der Waals surface area contributed by atoms with E-state index in [2.05, 4.69) is 19.8 Å². The largest absolute Gasteiger partial charge is 0.417 e. The minimum Gasteiger partial charge on any atom is -0.355 e. The van der Waals surface area contributed by atoms with Crippen molar-refractivity contribution >= 4 is 22.7 Å². The zero-order valence-corrected chi connectivity index (χ0v) is 15.7. The predicted octanol–water partition coefficient (Wildman–Crippen LogP) is 4.15. The molecule has 0 amide bonds. The first kappa shape index (κ1) is 18.1. The molecule has 2 unspecified atom stereocenters. The van der Waals surface area contributed by atoms with Gasteiger partial charge < -0.3 is 9.80 Å². The zero-order chi connectivity index (χ0) is 20.0. The Balaban J connectivity index is 1.38. The zero-order valence-electron chi connectivity index (χ0n) is 15.7. The average Bonchev–Trinajstić information content (AvgIpc) is 3.16. The number of halogens is 3. The number of fused-ring (bicyclic) bond motifs is 2. The summed E-state index contributed by atoms with van der Waals surface area (Å²) in [5.74, 6) is 2.00. The molecule has 0 N–H and O–H groups in total. The van der Waals surface area contributed by atoms with E-state index in [0.717, 1.165) is 61.6 Å². The Labute approximate surface area is 166 Å². The second-order valence-electron chi connectivity index (χ2n) is 7.66.